The molecule has 1 saturated heterocycles. The zero-order chi connectivity index (χ0) is 24.5. The normalized spacial score (nSPS) is 17.8. The molecule has 1 amide bonds. The maximum atomic E-state index is 13.2. The topological polar surface area (TPSA) is 79.7 Å². The number of alkyl halides is 3. The molecule has 1 unspecified atom stereocenters. The van der Waals surface area contributed by atoms with Crippen molar-refractivity contribution in [1.82, 2.24) is 9.88 Å². The molecule has 1 atom stereocenters. The van der Waals surface area contributed by atoms with Gasteiger partial charge < -0.3 is 14.7 Å². The van der Waals surface area contributed by atoms with Gasteiger partial charge in [-0.1, -0.05) is 18.2 Å². The van der Waals surface area contributed by atoms with Gasteiger partial charge in [0.1, 0.15) is 11.5 Å². The van der Waals surface area contributed by atoms with Crippen molar-refractivity contribution in [3.05, 3.63) is 101 Å². The van der Waals surface area contributed by atoms with Crippen molar-refractivity contribution in [2.75, 3.05) is 7.11 Å². The van der Waals surface area contributed by atoms with Crippen molar-refractivity contribution in [3.8, 4) is 5.75 Å². The second-order valence-corrected chi connectivity index (χ2v) is 7.64. The maximum absolute atomic E-state index is 13.2. The van der Waals surface area contributed by atoms with Gasteiger partial charge in [0, 0.05) is 24.5 Å². The molecule has 4 rings (SSSR count). The fraction of sp³-hybridized carbons (Fsp3) is 0.160. The van der Waals surface area contributed by atoms with Crippen LogP contribution < -0.4 is 4.74 Å². The molecule has 1 aromatic heterocycles. The number of carbonyl (C=O) groups is 2. The molecule has 1 aliphatic heterocycles. The minimum atomic E-state index is -4.55. The number of aromatic nitrogens is 1. The molecule has 2 heterocycles. The van der Waals surface area contributed by atoms with Gasteiger partial charge >= 0.3 is 6.18 Å². The lowest BCUT2D eigenvalue weighted by Gasteiger charge is -2.25. The summed E-state index contributed by atoms with van der Waals surface area (Å²) in [5.74, 6) is -1.73. The third-order valence-electron chi connectivity index (χ3n) is 5.51. The second-order valence-electron chi connectivity index (χ2n) is 7.64. The molecule has 1 fully saturated rings. The third kappa shape index (κ3) is 4.36. The van der Waals surface area contributed by atoms with E-state index in [2.05, 4.69) is 4.98 Å². The van der Waals surface area contributed by atoms with Gasteiger partial charge in [-0.25, -0.2) is 0 Å². The van der Waals surface area contributed by atoms with Gasteiger partial charge in [0.05, 0.1) is 24.3 Å². The Morgan fingerprint density at radius 1 is 1.09 bits per heavy atom. The lowest BCUT2D eigenvalue weighted by Crippen LogP contribution is -2.29. The Labute approximate surface area is 192 Å². The summed E-state index contributed by atoms with van der Waals surface area (Å²) in [6, 6.07) is 13.0. The van der Waals surface area contributed by atoms with E-state index < -0.39 is 35.2 Å². The van der Waals surface area contributed by atoms with Crippen LogP contribution in [0.1, 0.15) is 28.3 Å². The number of hydrogen-bond acceptors (Lipinski definition) is 5. The number of methoxy groups -OCH3 is 1. The van der Waals surface area contributed by atoms with Crippen molar-refractivity contribution < 1.29 is 32.6 Å². The van der Waals surface area contributed by atoms with Crippen molar-refractivity contribution >= 4 is 17.4 Å². The summed E-state index contributed by atoms with van der Waals surface area (Å²) in [5, 5.41) is 11.0. The monoisotopic (exact) mass is 468 g/mol. The lowest BCUT2D eigenvalue weighted by molar-refractivity contribution is -0.140. The van der Waals surface area contributed by atoms with E-state index >= 15 is 0 Å². The van der Waals surface area contributed by atoms with Crippen LogP contribution in [0.25, 0.3) is 5.76 Å². The van der Waals surface area contributed by atoms with Gasteiger partial charge in [-0.2, -0.15) is 13.2 Å². The molecule has 2 aromatic carbocycles. The standard InChI is InChI=1S/C25H19F3N2O4/c1-34-19-9-7-16(8-10-19)22(31)20-21(17-5-3-11-29-13-17)30(24(33)23(20)32)14-15-4-2-6-18(12-15)25(26,27)28/h2-13,21,31H,14H2,1H3/b22-20+. The number of aliphatic hydroxyl groups is 1. The highest BCUT2D eigenvalue weighted by atomic mass is 19.4. The molecule has 34 heavy (non-hydrogen) atoms. The van der Waals surface area contributed by atoms with Crippen molar-refractivity contribution in [1.29, 1.82) is 0 Å². The number of likely N-dealkylation sites (tertiary alicyclic amines) is 1. The van der Waals surface area contributed by atoms with Crippen LogP contribution in [0.5, 0.6) is 5.75 Å². The highest BCUT2D eigenvalue weighted by Gasteiger charge is 2.46. The first kappa shape index (κ1) is 23.0. The molecule has 174 valence electrons. The Balaban J connectivity index is 1.81. The number of hydrogen-bond donors (Lipinski definition) is 1. The van der Waals surface area contributed by atoms with E-state index in [1.807, 2.05) is 0 Å². The number of rotatable bonds is 5. The largest absolute Gasteiger partial charge is 0.507 e. The van der Waals surface area contributed by atoms with Gasteiger partial charge in [-0.15, -0.1) is 0 Å². The summed E-state index contributed by atoms with van der Waals surface area (Å²) in [4.78, 5) is 31.2. The fourth-order valence-electron chi connectivity index (χ4n) is 3.87. The molecule has 1 aliphatic rings. The molecular weight excluding hydrogens is 449 g/mol. The van der Waals surface area contributed by atoms with Crippen molar-refractivity contribution in [2.24, 2.45) is 0 Å². The van der Waals surface area contributed by atoms with Crippen LogP contribution in [0.15, 0.2) is 78.6 Å². The number of nitrogens with zero attached hydrogens (tertiary/aromatic N) is 2. The third-order valence-corrected chi connectivity index (χ3v) is 5.51. The number of ether oxygens (including phenoxy) is 1. The first-order chi connectivity index (χ1) is 16.2. The lowest BCUT2D eigenvalue weighted by atomic mass is 9.96. The summed E-state index contributed by atoms with van der Waals surface area (Å²) in [6.07, 6.45) is -1.61. The van der Waals surface area contributed by atoms with Gasteiger partial charge in [-0.3, -0.25) is 14.6 Å². The van der Waals surface area contributed by atoms with E-state index in [0.29, 0.717) is 11.3 Å². The second kappa shape index (κ2) is 9.01. The maximum Gasteiger partial charge on any atom is 0.416 e. The highest BCUT2D eigenvalue weighted by molar-refractivity contribution is 6.46. The van der Waals surface area contributed by atoms with Gasteiger partial charge in [0.15, 0.2) is 0 Å². The molecule has 3 aromatic rings. The van der Waals surface area contributed by atoms with E-state index in [-0.39, 0.29) is 23.2 Å². The van der Waals surface area contributed by atoms with Crippen LogP contribution in [0.4, 0.5) is 13.2 Å². The zero-order valence-electron chi connectivity index (χ0n) is 17.9. The Hall–Kier alpha value is -4.14. The van der Waals surface area contributed by atoms with Crippen molar-refractivity contribution in [2.45, 2.75) is 18.8 Å². The predicted molar refractivity (Wildman–Crippen MR) is 117 cm³/mol. The van der Waals surface area contributed by atoms with Gasteiger partial charge in [-0.05, 0) is 53.6 Å². The first-order valence-electron chi connectivity index (χ1n) is 10.2. The van der Waals surface area contributed by atoms with Crippen LogP contribution in [0, 0.1) is 0 Å². The van der Waals surface area contributed by atoms with E-state index in [0.717, 1.165) is 17.0 Å². The average molecular weight is 468 g/mol. The number of Topliss-reactive ketones (excluding diaryl/α,β-unsaturated/α-hetero) is 1. The number of halogens is 3. The minimum Gasteiger partial charge on any atom is -0.507 e. The zero-order valence-corrected chi connectivity index (χ0v) is 17.9. The van der Waals surface area contributed by atoms with Crippen LogP contribution in [-0.2, 0) is 22.3 Å². The predicted octanol–water partition coefficient (Wildman–Crippen LogP) is 4.73. The number of carbonyl (C=O) groups excluding carboxylic acids is 2. The number of pyridine rings is 1. The van der Waals surface area contributed by atoms with E-state index in [9.17, 15) is 27.9 Å². The smallest absolute Gasteiger partial charge is 0.416 e. The SMILES string of the molecule is COc1ccc(/C(O)=C2\C(=O)C(=O)N(Cc3cccc(C(F)(F)F)c3)C2c2cccnc2)cc1. The van der Waals surface area contributed by atoms with Gasteiger partial charge in [0.25, 0.3) is 11.7 Å². The fourth-order valence-corrected chi connectivity index (χ4v) is 3.87. The molecule has 0 saturated carbocycles. The van der Waals surface area contributed by atoms with Crippen LogP contribution in [0.2, 0.25) is 0 Å². The summed E-state index contributed by atoms with van der Waals surface area (Å²) < 4.78 is 44.6. The summed E-state index contributed by atoms with van der Waals surface area (Å²) >= 11 is 0. The number of benzene rings is 2. The van der Waals surface area contributed by atoms with Crippen LogP contribution >= 0.6 is 0 Å². The molecule has 9 heteroatoms. The van der Waals surface area contributed by atoms with Gasteiger partial charge in [0.2, 0.25) is 0 Å². The molecule has 0 bridgehead atoms. The number of ketones is 1. The molecule has 0 radical (unpaired) electrons. The Kier molecular flexibility index (Phi) is 6.10. The molecule has 1 N–H and O–H groups in total. The van der Waals surface area contributed by atoms with E-state index in [4.69, 9.17) is 4.74 Å². The highest BCUT2D eigenvalue weighted by Crippen LogP contribution is 2.40. The summed E-state index contributed by atoms with van der Waals surface area (Å²) in [7, 11) is 1.48. The minimum absolute atomic E-state index is 0.171. The van der Waals surface area contributed by atoms with E-state index in [1.165, 1.54) is 43.8 Å². The molecule has 6 nitrogen and oxygen atoms in total. The molecule has 0 aliphatic carbocycles. The number of amides is 1. The summed E-state index contributed by atoms with van der Waals surface area (Å²) in [5.41, 5.74) is -0.126. The molecule has 0 spiro atoms. The van der Waals surface area contributed by atoms with Crippen LogP contribution in [0.3, 0.4) is 0 Å². The van der Waals surface area contributed by atoms with Crippen molar-refractivity contribution in [3.63, 3.8) is 0 Å². The summed E-state index contributed by atoms with van der Waals surface area (Å²) in [6.45, 7) is -0.270. The Morgan fingerprint density at radius 3 is 2.44 bits per heavy atom. The quantitative estimate of drug-likeness (QED) is 0.333. The van der Waals surface area contributed by atoms with Crippen LogP contribution in [-0.4, -0.2) is 33.8 Å². The molecular formula is C25H19F3N2O4. The first-order valence-corrected chi connectivity index (χ1v) is 10.2. The average Bonchev–Trinajstić information content (AvgIpc) is 3.09. The van der Waals surface area contributed by atoms with E-state index in [1.54, 1.807) is 24.3 Å². The number of aliphatic hydroxyl groups excluding tert-OH is 1. The Morgan fingerprint density at radius 2 is 1.82 bits per heavy atom. The Bertz CT molecular complexity index is 1260.